The first-order chi connectivity index (χ1) is 7.00. The average Bonchev–Trinajstić information content (AvgIpc) is 2.17. The molecule has 0 N–H and O–H groups in total. The predicted octanol–water partition coefficient (Wildman–Crippen LogP) is 3.27. The molecule has 1 amide bonds. The molecular formula is C11H14ClNO2. The number of anilines is 1. The van der Waals surface area contributed by atoms with Crippen LogP contribution in [0.15, 0.2) is 24.3 Å². The molecule has 0 aliphatic heterocycles. The van der Waals surface area contributed by atoms with E-state index in [9.17, 15) is 4.79 Å². The Morgan fingerprint density at radius 2 is 1.87 bits per heavy atom. The molecule has 1 aromatic rings. The van der Waals surface area contributed by atoms with Crippen molar-refractivity contribution >= 4 is 22.7 Å². The highest BCUT2D eigenvalue weighted by atomic mass is 35.5. The van der Waals surface area contributed by atoms with Crippen LogP contribution in [0.4, 0.5) is 10.5 Å². The monoisotopic (exact) mass is 227 g/mol. The molecule has 0 aromatic heterocycles. The van der Waals surface area contributed by atoms with Gasteiger partial charge >= 0.3 is 5.37 Å². The lowest BCUT2D eigenvalue weighted by Crippen LogP contribution is -2.19. The summed E-state index contributed by atoms with van der Waals surface area (Å²) in [6.45, 7) is 3.92. The van der Waals surface area contributed by atoms with Gasteiger partial charge in [-0.1, -0.05) is 0 Å². The Balaban J connectivity index is 2.76. The van der Waals surface area contributed by atoms with E-state index in [0.717, 1.165) is 11.4 Å². The topological polar surface area (TPSA) is 29.5 Å². The number of rotatable bonds is 3. The van der Waals surface area contributed by atoms with Gasteiger partial charge in [-0.2, -0.15) is 0 Å². The molecule has 1 rings (SSSR count). The third kappa shape index (κ3) is 3.44. The number of ether oxygens (including phenoxy) is 1. The van der Waals surface area contributed by atoms with Gasteiger partial charge in [0.2, 0.25) is 0 Å². The van der Waals surface area contributed by atoms with E-state index in [0.29, 0.717) is 0 Å². The summed E-state index contributed by atoms with van der Waals surface area (Å²) in [5.74, 6) is 0.782. The van der Waals surface area contributed by atoms with Crippen LogP contribution in [0.25, 0.3) is 0 Å². The van der Waals surface area contributed by atoms with Gasteiger partial charge in [0.1, 0.15) is 5.75 Å². The Labute approximate surface area is 94.6 Å². The number of carbonyl (C=O) groups is 1. The molecule has 0 saturated carbocycles. The van der Waals surface area contributed by atoms with Crippen LogP contribution in [-0.4, -0.2) is 18.5 Å². The molecule has 82 valence electrons. The number of hydrogen-bond acceptors (Lipinski definition) is 2. The Morgan fingerprint density at radius 1 is 1.33 bits per heavy atom. The Bertz CT molecular complexity index is 335. The summed E-state index contributed by atoms with van der Waals surface area (Å²) in [6.07, 6.45) is 0.142. The smallest absolute Gasteiger partial charge is 0.320 e. The summed E-state index contributed by atoms with van der Waals surface area (Å²) in [5, 5.41) is -0.507. The lowest BCUT2D eigenvalue weighted by Gasteiger charge is -2.14. The molecular weight excluding hydrogens is 214 g/mol. The first-order valence-electron chi connectivity index (χ1n) is 4.70. The maximum absolute atomic E-state index is 10.9. The number of halogens is 1. The Morgan fingerprint density at radius 3 is 2.27 bits per heavy atom. The molecule has 4 heteroatoms. The van der Waals surface area contributed by atoms with E-state index in [1.807, 2.05) is 26.0 Å². The van der Waals surface area contributed by atoms with Crippen LogP contribution in [0.2, 0.25) is 0 Å². The van der Waals surface area contributed by atoms with E-state index in [1.54, 1.807) is 19.2 Å². The van der Waals surface area contributed by atoms with Gasteiger partial charge in [0.25, 0.3) is 0 Å². The van der Waals surface area contributed by atoms with Crippen LogP contribution in [0.5, 0.6) is 5.75 Å². The van der Waals surface area contributed by atoms with Crippen molar-refractivity contribution in [2.45, 2.75) is 20.0 Å². The summed E-state index contributed by atoms with van der Waals surface area (Å²) in [7, 11) is 1.62. The third-order valence-corrected chi connectivity index (χ3v) is 2.11. The van der Waals surface area contributed by atoms with Gasteiger partial charge in [0.05, 0.1) is 6.10 Å². The fraction of sp³-hybridized carbons (Fsp3) is 0.364. The SMILES string of the molecule is CC(C)Oc1ccc(N(C)C(=O)Cl)cc1. The summed E-state index contributed by atoms with van der Waals surface area (Å²) in [6, 6.07) is 7.20. The van der Waals surface area contributed by atoms with E-state index in [2.05, 4.69) is 0 Å². The van der Waals surface area contributed by atoms with Gasteiger partial charge in [0.15, 0.2) is 0 Å². The number of amides is 1. The van der Waals surface area contributed by atoms with Crippen molar-refractivity contribution < 1.29 is 9.53 Å². The minimum Gasteiger partial charge on any atom is -0.491 e. The fourth-order valence-electron chi connectivity index (χ4n) is 1.12. The summed E-state index contributed by atoms with van der Waals surface area (Å²) in [4.78, 5) is 12.2. The number of carbonyl (C=O) groups excluding carboxylic acids is 1. The molecule has 0 aliphatic carbocycles. The van der Waals surface area contributed by atoms with Crippen molar-refractivity contribution in [2.24, 2.45) is 0 Å². The molecule has 3 nitrogen and oxygen atoms in total. The highest BCUT2D eigenvalue weighted by Gasteiger charge is 2.07. The zero-order chi connectivity index (χ0) is 11.4. The zero-order valence-electron chi connectivity index (χ0n) is 9.03. The molecule has 0 unspecified atom stereocenters. The van der Waals surface area contributed by atoms with Gasteiger partial charge < -0.3 is 9.64 Å². The maximum atomic E-state index is 10.9. The van der Waals surface area contributed by atoms with Crippen molar-refractivity contribution in [1.29, 1.82) is 0 Å². The average molecular weight is 228 g/mol. The number of hydrogen-bond donors (Lipinski definition) is 0. The standard InChI is InChI=1S/C11H14ClNO2/c1-8(2)15-10-6-4-9(5-7-10)13(3)11(12)14/h4-8H,1-3H3. The molecule has 15 heavy (non-hydrogen) atoms. The van der Waals surface area contributed by atoms with Gasteiger partial charge in [0, 0.05) is 12.7 Å². The second kappa shape index (κ2) is 5.03. The van der Waals surface area contributed by atoms with E-state index in [1.165, 1.54) is 4.90 Å². The molecule has 0 atom stereocenters. The molecule has 0 bridgehead atoms. The van der Waals surface area contributed by atoms with Crippen molar-refractivity contribution in [3.8, 4) is 5.75 Å². The second-order valence-electron chi connectivity index (χ2n) is 3.47. The van der Waals surface area contributed by atoms with Gasteiger partial charge in [-0.25, -0.2) is 0 Å². The first kappa shape index (κ1) is 11.9. The highest BCUT2D eigenvalue weighted by molar-refractivity contribution is 6.66. The lowest BCUT2D eigenvalue weighted by atomic mass is 10.3. The van der Waals surface area contributed by atoms with Crippen LogP contribution in [0.3, 0.4) is 0 Å². The minimum atomic E-state index is -0.507. The fourth-order valence-corrected chi connectivity index (χ4v) is 1.22. The van der Waals surface area contributed by atoms with Gasteiger partial charge in [-0.15, -0.1) is 0 Å². The minimum absolute atomic E-state index is 0.142. The first-order valence-corrected chi connectivity index (χ1v) is 5.08. The van der Waals surface area contributed by atoms with E-state index >= 15 is 0 Å². The van der Waals surface area contributed by atoms with Crippen LogP contribution < -0.4 is 9.64 Å². The molecule has 0 fully saturated rings. The molecule has 0 saturated heterocycles. The quantitative estimate of drug-likeness (QED) is 0.586. The lowest BCUT2D eigenvalue weighted by molar-refractivity contribution is 0.242. The van der Waals surface area contributed by atoms with E-state index in [4.69, 9.17) is 16.3 Å². The Kier molecular flexibility index (Phi) is 3.97. The number of nitrogens with zero attached hydrogens (tertiary/aromatic N) is 1. The predicted molar refractivity (Wildman–Crippen MR) is 61.9 cm³/mol. The van der Waals surface area contributed by atoms with Crippen molar-refractivity contribution in [3.63, 3.8) is 0 Å². The molecule has 0 heterocycles. The number of benzene rings is 1. The van der Waals surface area contributed by atoms with Crippen LogP contribution in [0, 0.1) is 0 Å². The van der Waals surface area contributed by atoms with Gasteiger partial charge in [-0.3, -0.25) is 4.79 Å². The van der Waals surface area contributed by atoms with Crippen molar-refractivity contribution in [2.75, 3.05) is 11.9 Å². The molecule has 0 radical (unpaired) electrons. The van der Waals surface area contributed by atoms with E-state index in [-0.39, 0.29) is 6.10 Å². The van der Waals surface area contributed by atoms with Crippen LogP contribution >= 0.6 is 11.6 Å². The Hall–Kier alpha value is -1.22. The zero-order valence-corrected chi connectivity index (χ0v) is 9.78. The molecule has 0 aliphatic rings. The van der Waals surface area contributed by atoms with Crippen molar-refractivity contribution in [1.82, 2.24) is 0 Å². The van der Waals surface area contributed by atoms with E-state index < -0.39 is 5.37 Å². The molecule has 0 spiro atoms. The van der Waals surface area contributed by atoms with Crippen LogP contribution in [-0.2, 0) is 0 Å². The second-order valence-corrected chi connectivity index (χ2v) is 3.80. The van der Waals surface area contributed by atoms with Crippen molar-refractivity contribution in [3.05, 3.63) is 24.3 Å². The normalized spacial score (nSPS) is 10.2. The summed E-state index contributed by atoms with van der Waals surface area (Å²) in [5.41, 5.74) is 0.742. The van der Waals surface area contributed by atoms with Gasteiger partial charge in [-0.05, 0) is 49.7 Å². The summed E-state index contributed by atoms with van der Waals surface area (Å²) >= 11 is 5.34. The molecule has 1 aromatic carbocycles. The van der Waals surface area contributed by atoms with Crippen LogP contribution in [0.1, 0.15) is 13.8 Å². The third-order valence-electron chi connectivity index (χ3n) is 1.86. The maximum Gasteiger partial charge on any atom is 0.320 e. The largest absolute Gasteiger partial charge is 0.491 e. The summed E-state index contributed by atoms with van der Waals surface area (Å²) < 4.78 is 5.47. The highest BCUT2D eigenvalue weighted by Crippen LogP contribution is 2.20.